The minimum Gasteiger partial charge on any atom is -0.394 e. The Labute approximate surface area is 208 Å². The Morgan fingerprint density at radius 1 is 0.971 bits per heavy atom. The van der Waals surface area contributed by atoms with E-state index in [0.717, 1.165) is 25.9 Å². The summed E-state index contributed by atoms with van der Waals surface area (Å²) in [4.78, 5) is 18.3. The average molecular weight is 512 g/mol. The number of carbonyl (C=O) groups excluding carboxylic acids is 1. The van der Waals surface area contributed by atoms with Gasteiger partial charge in [0, 0.05) is 35.1 Å². The maximum Gasteiger partial charge on any atom is 0.258 e. The number of carbonyl (C=O) groups is 1. The molecule has 0 spiro atoms. The van der Waals surface area contributed by atoms with Crippen LogP contribution in [0.1, 0.15) is 24.0 Å². The Balaban J connectivity index is 0.00000162. The first kappa shape index (κ1) is 25.9. The normalized spacial score (nSPS) is 20.1. The molecule has 0 atom stereocenters. The van der Waals surface area contributed by atoms with Gasteiger partial charge < -0.3 is 26.1 Å². The first-order chi connectivity index (χ1) is 15.6. The number of nitrogens with zero attached hydrogens (tertiary/aromatic N) is 1. The largest absolute Gasteiger partial charge is 0.394 e. The fraction of sp³-hybridized carbons (Fsp3) is 0.304. The molecule has 0 unspecified atom stereocenters. The molecule has 4 N–H and O–H groups in total. The maximum atomic E-state index is 14.0. The lowest BCUT2D eigenvalue weighted by Gasteiger charge is -2.23. The summed E-state index contributed by atoms with van der Waals surface area (Å²) in [5.41, 5.74) is 2.92. The summed E-state index contributed by atoms with van der Waals surface area (Å²) >= 11 is 0. The first-order valence-corrected chi connectivity index (χ1v) is 10.7. The van der Waals surface area contributed by atoms with Crippen molar-refractivity contribution >= 4 is 53.4 Å². The van der Waals surface area contributed by atoms with Gasteiger partial charge in [-0.15, -0.1) is 24.8 Å². The molecular weight excluding hydrogens is 487 g/mol. The van der Waals surface area contributed by atoms with Crippen LogP contribution in [0.15, 0.2) is 47.3 Å². The van der Waals surface area contributed by atoms with E-state index in [0.29, 0.717) is 53.1 Å². The average Bonchev–Trinajstić information content (AvgIpc) is 3.30. The highest BCUT2D eigenvalue weighted by Gasteiger charge is 2.34. The molecule has 1 fully saturated rings. The van der Waals surface area contributed by atoms with Crippen LogP contribution in [-0.4, -0.2) is 43.9 Å². The van der Waals surface area contributed by atoms with Crippen LogP contribution in [0.2, 0.25) is 0 Å². The lowest BCUT2D eigenvalue weighted by molar-refractivity contribution is -0.110. The second-order valence-electron chi connectivity index (χ2n) is 7.96. The Bertz CT molecular complexity index is 1140. The fourth-order valence-electron chi connectivity index (χ4n) is 4.26. The zero-order valence-electron chi connectivity index (χ0n) is 18.1. The molecule has 0 saturated carbocycles. The van der Waals surface area contributed by atoms with E-state index in [1.54, 1.807) is 6.07 Å². The van der Waals surface area contributed by atoms with Crippen molar-refractivity contribution < 1.29 is 18.4 Å². The summed E-state index contributed by atoms with van der Waals surface area (Å²) in [7, 11) is 0. The number of fused-ring (bicyclic) bond motifs is 2. The number of allylic oxidation sites excluding steroid dienone is 1. The van der Waals surface area contributed by atoms with Crippen molar-refractivity contribution in [1.29, 1.82) is 0 Å². The number of nitrogens with one attached hydrogen (secondary N) is 4. The topological polar surface area (TPSA) is 86.8 Å². The molecule has 3 heterocycles. The standard InChI is InChI=1S/C23H23F2N5O2.2ClH/c24-13-1-3-18-16(11-13)20(23(31)29-18)22-21(17-12-14(25)2-4-19(17)28-22)30-32-10-9-27-15-5-7-26-8-6-15;;/h1-4,11-12,15,26-28H,5-10H2,(H,29,31);2*1H/b22-20-,30-21+;;. The molecule has 3 aliphatic rings. The first-order valence-electron chi connectivity index (χ1n) is 10.7. The Morgan fingerprint density at radius 3 is 2.32 bits per heavy atom. The summed E-state index contributed by atoms with van der Waals surface area (Å²) in [6.45, 7) is 2.93. The summed E-state index contributed by atoms with van der Waals surface area (Å²) < 4.78 is 27.9. The smallest absolute Gasteiger partial charge is 0.258 e. The second kappa shape index (κ2) is 11.1. The van der Waals surface area contributed by atoms with Crippen LogP contribution in [0.5, 0.6) is 0 Å². The van der Waals surface area contributed by atoms with Gasteiger partial charge in [-0.2, -0.15) is 0 Å². The molecule has 0 aromatic heterocycles. The molecule has 2 aromatic carbocycles. The van der Waals surface area contributed by atoms with Crippen LogP contribution in [0, 0.1) is 11.6 Å². The second-order valence-corrected chi connectivity index (χ2v) is 7.96. The number of hydrogen-bond donors (Lipinski definition) is 4. The van der Waals surface area contributed by atoms with Crippen molar-refractivity contribution in [3.8, 4) is 0 Å². The third-order valence-electron chi connectivity index (χ3n) is 5.83. The van der Waals surface area contributed by atoms with Gasteiger partial charge in [0.1, 0.15) is 24.0 Å². The van der Waals surface area contributed by atoms with Crippen LogP contribution < -0.4 is 21.3 Å². The van der Waals surface area contributed by atoms with Crippen LogP contribution >= 0.6 is 24.8 Å². The summed E-state index contributed by atoms with van der Waals surface area (Å²) in [6, 6.07) is 8.77. The highest BCUT2D eigenvalue weighted by molar-refractivity contribution is 6.39. The minimum absolute atomic E-state index is 0. The predicted octanol–water partition coefficient (Wildman–Crippen LogP) is 3.66. The van der Waals surface area contributed by atoms with Crippen molar-refractivity contribution in [1.82, 2.24) is 10.6 Å². The Kier molecular flexibility index (Phi) is 8.48. The molecule has 1 saturated heterocycles. The van der Waals surface area contributed by atoms with Gasteiger partial charge in [-0.1, -0.05) is 5.16 Å². The molecule has 11 heteroatoms. The number of hydrogen-bond acceptors (Lipinski definition) is 6. The van der Waals surface area contributed by atoms with Crippen LogP contribution in [0.25, 0.3) is 5.57 Å². The molecular formula is C23H25Cl2F2N5O2. The van der Waals surface area contributed by atoms with Gasteiger partial charge in [-0.05, 0) is 62.3 Å². The predicted molar refractivity (Wildman–Crippen MR) is 133 cm³/mol. The number of benzene rings is 2. The van der Waals surface area contributed by atoms with E-state index in [-0.39, 0.29) is 36.3 Å². The molecule has 0 bridgehead atoms. The number of piperidine rings is 1. The lowest BCUT2D eigenvalue weighted by atomic mass is 10.0. The SMILES string of the molecule is Cl.Cl.O=C1Nc2ccc(F)cc2/C1=C1/Nc2ccc(F)cc2/C1=N\OCCNC1CCNCC1. The number of anilines is 2. The third-order valence-corrected chi connectivity index (χ3v) is 5.83. The summed E-state index contributed by atoms with van der Waals surface area (Å²) in [5, 5.41) is 16.9. The van der Waals surface area contributed by atoms with E-state index in [1.165, 1.54) is 30.3 Å². The Hall–Kier alpha value is -2.72. The minimum atomic E-state index is -0.460. The summed E-state index contributed by atoms with van der Waals surface area (Å²) in [5.74, 6) is -1.28. The van der Waals surface area contributed by atoms with Crippen molar-refractivity contribution in [2.45, 2.75) is 18.9 Å². The van der Waals surface area contributed by atoms with E-state index in [1.807, 2.05) is 0 Å². The molecule has 2 aromatic rings. The number of oxime groups is 1. The van der Waals surface area contributed by atoms with Gasteiger partial charge in [0.05, 0.1) is 11.3 Å². The monoisotopic (exact) mass is 511 g/mol. The Morgan fingerprint density at radius 2 is 1.62 bits per heavy atom. The molecule has 5 rings (SSSR count). The van der Waals surface area contributed by atoms with Crippen LogP contribution in [-0.2, 0) is 9.63 Å². The highest BCUT2D eigenvalue weighted by atomic mass is 35.5. The van der Waals surface area contributed by atoms with Gasteiger partial charge in [0.2, 0.25) is 0 Å². The number of halogens is 4. The van der Waals surface area contributed by atoms with Gasteiger partial charge in [-0.3, -0.25) is 4.79 Å². The van der Waals surface area contributed by atoms with Crippen molar-refractivity contribution in [2.24, 2.45) is 5.16 Å². The van der Waals surface area contributed by atoms with Crippen LogP contribution in [0.3, 0.4) is 0 Å². The lowest BCUT2D eigenvalue weighted by Crippen LogP contribution is -2.41. The zero-order chi connectivity index (χ0) is 22.1. The molecule has 7 nitrogen and oxygen atoms in total. The van der Waals surface area contributed by atoms with Gasteiger partial charge in [0.25, 0.3) is 5.91 Å². The molecule has 0 radical (unpaired) electrons. The van der Waals surface area contributed by atoms with Crippen molar-refractivity contribution in [3.63, 3.8) is 0 Å². The number of amides is 1. The van der Waals surface area contributed by atoms with Gasteiger partial charge in [0.15, 0.2) is 0 Å². The van der Waals surface area contributed by atoms with Crippen molar-refractivity contribution in [3.05, 3.63) is 64.9 Å². The van der Waals surface area contributed by atoms with E-state index in [2.05, 4.69) is 26.4 Å². The van der Waals surface area contributed by atoms with E-state index < -0.39 is 11.6 Å². The van der Waals surface area contributed by atoms with E-state index in [4.69, 9.17) is 4.84 Å². The molecule has 0 aliphatic carbocycles. The van der Waals surface area contributed by atoms with Gasteiger partial charge >= 0.3 is 0 Å². The van der Waals surface area contributed by atoms with Gasteiger partial charge in [-0.25, -0.2) is 8.78 Å². The third kappa shape index (κ3) is 5.17. The molecule has 1 amide bonds. The zero-order valence-corrected chi connectivity index (χ0v) is 19.8. The summed E-state index contributed by atoms with van der Waals surface area (Å²) in [6.07, 6.45) is 2.12. The highest BCUT2D eigenvalue weighted by Crippen LogP contribution is 2.39. The number of rotatable bonds is 5. The quantitative estimate of drug-likeness (QED) is 0.279. The van der Waals surface area contributed by atoms with E-state index in [9.17, 15) is 13.6 Å². The molecule has 3 aliphatic heterocycles. The van der Waals surface area contributed by atoms with Crippen LogP contribution in [0.4, 0.5) is 20.2 Å². The maximum absolute atomic E-state index is 14.0. The fourth-order valence-corrected chi connectivity index (χ4v) is 4.26. The molecule has 34 heavy (non-hydrogen) atoms. The van der Waals surface area contributed by atoms with E-state index >= 15 is 0 Å². The van der Waals surface area contributed by atoms with Crippen molar-refractivity contribution in [2.75, 3.05) is 36.9 Å². The molecule has 182 valence electrons.